The number of carboxylic acid groups (broad SMARTS) is 2. The minimum atomic E-state index is -3.53. The van der Waals surface area contributed by atoms with E-state index in [1.165, 1.54) is 62.8 Å². The van der Waals surface area contributed by atoms with Gasteiger partial charge in [0.15, 0.2) is 41.4 Å². The number of aliphatic carboxylic acids is 2. The molecule has 6 heterocycles. The van der Waals surface area contributed by atoms with Crippen LogP contribution in [0.15, 0.2) is 96.5 Å². The summed E-state index contributed by atoms with van der Waals surface area (Å²) in [6.07, 6.45) is 3.16. The predicted molar refractivity (Wildman–Crippen MR) is 265 cm³/mol. The van der Waals surface area contributed by atoms with Crippen LogP contribution in [0, 0.1) is 11.6 Å². The Labute approximate surface area is 432 Å². The van der Waals surface area contributed by atoms with Crippen LogP contribution in [-0.4, -0.2) is 157 Å². The van der Waals surface area contributed by atoms with E-state index in [2.05, 4.69) is 41.5 Å². The molecule has 0 spiro atoms. The number of aliphatic imine (C=N–C) groups is 2. The van der Waals surface area contributed by atoms with Gasteiger partial charge in [-0.05, 0) is 43.7 Å². The highest BCUT2D eigenvalue weighted by atomic mass is 79.9. The van der Waals surface area contributed by atoms with Gasteiger partial charge in [0.1, 0.15) is 35.8 Å². The SMILES string of the molecule is CCOC(=O)C1=C(CN2CCS(=O)(=O)C[C@H]2C(=O)O)NC(c2nccs2)=N[C@H]1c1ccc(F)cc1Br.CCOC(=O)C1=C(CN2CCS(=O)(=O)C[C@H]2C(=O)O)NC(c2nccs2)=N[C@H]1c1ccc(F)cc1Cl. The van der Waals surface area contributed by atoms with E-state index in [0.29, 0.717) is 43.0 Å². The second-order valence-corrected chi connectivity index (χ2v) is 23.6. The highest BCUT2D eigenvalue weighted by Crippen LogP contribution is 2.39. The van der Waals surface area contributed by atoms with Crippen LogP contribution in [0.5, 0.6) is 0 Å². The Morgan fingerprint density at radius 1 is 0.736 bits per heavy atom. The molecule has 0 unspecified atom stereocenters. The number of esters is 2. The molecule has 2 aromatic heterocycles. The topological polar surface area (TPSA) is 277 Å². The number of amidine groups is 2. The smallest absolute Gasteiger partial charge is 0.338 e. The Balaban J connectivity index is 0.000000211. The van der Waals surface area contributed by atoms with Gasteiger partial charge >= 0.3 is 23.9 Å². The summed E-state index contributed by atoms with van der Waals surface area (Å²) >= 11 is 12.3. The van der Waals surface area contributed by atoms with Crippen molar-refractivity contribution >= 4 is 105 Å². The van der Waals surface area contributed by atoms with Crippen molar-refractivity contribution in [2.24, 2.45) is 9.98 Å². The van der Waals surface area contributed by atoms with Crippen molar-refractivity contribution in [3.05, 3.63) is 124 Å². The first-order valence-corrected chi connectivity index (χ1v) is 28.3. The number of benzene rings is 2. The summed E-state index contributed by atoms with van der Waals surface area (Å²) in [6, 6.07) is 3.19. The number of nitrogens with zero attached hydrogens (tertiary/aromatic N) is 6. The molecule has 2 fully saturated rings. The fraction of sp³-hybridized carbons (Fsp3) is 0.364. The molecule has 20 nitrogen and oxygen atoms in total. The molecule has 384 valence electrons. The summed E-state index contributed by atoms with van der Waals surface area (Å²) in [6.45, 7) is 3.14. The molecule has 72 heavy (non-hydrogen) atoms. The number of thiazole rings is 2. The summed E-state index contributed by atoms with van der Waals surface area (Å²) in [5.74, 6) is -5.90. The second kappa shape index (κ2) is 23.1. The van der Waals surface area contributed by atoms with Gasteiger partial charge in [-0.3, -0.25) is 29.4 Å². The van der Waals surface area contributed by atoms with E-state index < -0.39 is 90.9 Å². The lowest BCUT2D eigenvalue weighted by Crippen LogP contribution is -2.54. The summed E-state index contributed by atoms with van der Waals surface area (Å²) in [4.78, 5) is 71.1. The van der Waals surface area contributed by atoms with E-state index in [4.69, 9.17) is 26.1 Å². The highest BCUT2D eigenvalue weighted by molar-refractivity contribution is 9.10. The third-order valence-corrected chi connectivity index (χ3v) is 17.2. The van der Waals surface area contributed by atoms with Gasteiger partial charge in [-0.2, -0.15) is 0 Å². The van der Waals surface area contributed by atoms with Crippen molar-refractivity contribution in [3.63, 3.8) is 0 Å². The Bertz CT molecular complexity index is 2900. The Hall–Kier alpha value is -5.55. The summed E-state index contributed by atoms with van der Waals surface area (Å²) in [5, 5.41) is 30.2. The maximum atomic E-state index is 13.9. The molecule has 4 aliphatic rings. The van der Waals surface area contributed by atoms with E-state index in [0.717, 1.165) is 6.07 Å². The van der Waals surface area contributed by atoms with E-state index in [9.17, 15) is 55.0 Å². The molecule has 4 atom stereocenters. The zero-order valence-electron chi connectivity index (χ0n) is 38.0. The van der Waals surface area contributed by atoms with Gasteiger partial charge in [0, 0.05) is 75.8 Å². The van der Waals surface area contributed by atoms with Crippen molar-refractivity contribution in [3.8, 4) is 0 Å². The van der Waals surface area contributed by atoms with Crippen LogP contribution >= 0.6 is 50.2 Å². The predicted octanol–water partition coefficient (Wildman–Crippen LogP) is 4.16. The first-order valence-electron chi connectivity index (χ1n) is 21.7. The molecular formula is C44H44BrClF2N8O12S4. The number of ether oxygens (including phenoxy) is 2. The lowest BCUT2D eigenvalue weighted by Gasteiger charge is -2.35. The van der Waals surface area contributed by atoms with Gasteiger partial charge in [0.25, 0.3) is 0 Å². The summed E-state index contributed by atoms with van der Waals surface area (Å²) in [7, 11) is -7.06. The number of hydrogen-bond donors (Lipinski definition) is 4. The van der Waals surface area contributed by atoms with Crippen LogP contribution < -0.4 is 10.6 Å². The second-order valence-electron chi connectivity index (χ2n) is 16.1. The number of sulfone groups is 2. The number of aromatic nitrogens is 2. The Morgan fingerprint density at radius 2 is 1.17 bits per heavy atom. The Morgan fingerprint density at radius 3 is 1.56 bits per heavy atom. The molecule has 28 heteroatoms. The van der Waals surface area contributed by atoms with Crippen molar-refractivity contribution in [2.75, 3.05) is 62.4 Å². The normalized spacial score (nSPS) is 22.0. The van der Waals surface area contributed by atoms with Gasteiger partial charge in [0.05, 0.1) is 47.4 Å². The van der Waals surface area contributed by atoms with Gasteiger partial charge in [-0.15, -0.1) is 22.7 Å². The van der Waals surface area contributed by atoms with E-state index >= 15 is 0 Å². The standard InChI is InChI=1S/C22H22BrFN4O6S2.C22H22ClFN4O6S2/c2*1-2-34-22(31)17-15(10-28-6-8-36(32,33)11-16(28)21(29)30)26-19(20-25-5-7-35-20)27-18(17)13-4-3-12(24)9-14(13)23/h2*3-5,7,9,16,18H,2,6,8,10-11H2,1H3,(H,26,27)(H,29,30)/t2*16-,18-/m00/s1. The molecule has 0 bridgehead atoms. The van der Waals surface area contributed by atoms with Gasteiger partial charge in [0.2, 0.25) is 0 Å². The van der Waals surface area contributed by atoms with Crippen LogP contribution in [0.1, 0.15) is 47.1 Å². The molecule has 2 saturated heterocycles. The molecule has 0 saturated carbocycles. The van der Waals surface area contributed by atoms with Crippen LogP contribution in [0.2, 0.25) is 5.02 Å². The van der Waals surface area contributed by atoms with Gasteiger partial charge in [-0.25, -0.2) is 45.2 Å². The Kier molecular flexibility index (Phi) is 17.4. The molecule has 4 aliphatic heterocycles. The number of hydrogen-bond acceptors (Lipinski definition) is 20. The minimum Gasteiger partial charge on any atom is -0.480 e. The zero-order chi connectivity index (χ0) is 52.1. The lowest BCUT2D eigenvalue weighted by molar-refractivity contribution is -0.143. The average molecular weight is 1160 g/mol. The number of carboxylic acids is 2. The molecule has 0 radical (unpaired) electrons. The molecule has 2 aromatic carbocycles. The molecule has 4 aromatic rings. The highest BCUT2D eigenvalue weighted by Gasteiger charge is 2.42. The van der Waals surface area contributed by atoms with Crippen molar-refractivity contribution in [2.45, 2.75) is 38.0 Å². The summed E-state index contributed by atoms with van der Waals surface area (Å²) < 4.78 is 87.1. The molecule has 0 amide bonds. The van der Waals surface area contributed by atoms with E-state index in [1.54, 1.807) is 37.0 Å². The lowest BCUT2D eigenvalue weighted by atomic mass is 9.95. The fourth-order valence-corrected chi connectivity index (χ4v) is 13.1. The number of nitrogens with one attached hydrogen (secondary N) is 2. The third-order valence-electron chi connectivity index (χ3n) is 11.4. The zero-order valence-corrected chi connectivity index (χ0v) is 43.6. The largest absolute Gasteiger partial charge is 0.480 e. The number of carbonyl (C=O) groups excluding carboxylic acids is 2. The van der Waals surface area contributed by atoms with Crippen molar-refractivity contribution in [1.82, 2.24) is 30.4 Å². The van der Waals surface area contributed by atoms with E-state index in [-0.39, 0.29) is 72.8 Å². The molecule has 8 rings (SSSR count). The van der Waals surface area contributed by atoms with Crippen molar-refractivity contribution in [1.29, 1.82) is 0 Å². The molecular weight excluding hydrogens is 1110 g/mol. The quantitative estimate of drug-likeness (QED) is 0.129. The van der Waals surface area contributed by atoms with Crippen LogP contribution in [-0.2, 0) is 48.3 Å². The number of rotatable bonds is 14. The van der Waals surface area contributed by atoms with Gasteiger partial charge in [-0.1, -0.05) is 39.7 Å². The van der Waals surface area contributed by atoms with Crippen LogP contribution in [0.3, 0.4) is 0 Å². The van der Waals surface area contributed by atoms with Gasteiger partial charge < -0.3 is 30.3 Å². The van der Waals surface area contributed by atoms with Crippen molar-refractivity contribution < 1.29 is 64.5 Å². The van der Waals surface area contributed by atoms with E-state index in [1.807, 2.05) is 0 Å². The minimum absolute atomic E-state index is 0.0325. The average Bonchev–Trinajstić information content (AvgIpc) is 4.07. The fourth-order valence-electron chi connectivity index (χ4n) is 8.06. The number of carbonyl (C=O) groups is 4. The van der Waals surface area contributed by atoms with Crippen LogP contribution in [0.4, 0.5) is 8.78 Å². The first-order chi connectivity index (χ1) is 34.2. The third kappa shape index (κ3) is 12.8. The first kappa shape index (κ1) is 54.2. The number of halogens is 4. The summed E-state index contributed by atoms with van der Waals surface area (Å²) in [5.41, 5.74) is 1.57. The molecule has 4 N–H and O–H groups in total. The maximum Gasteiger partial charge on any atom is 0.338 e. The molecule has 0 aliphatic carbocycles. The monoisotopic (exact) mass is 1160 g/mol. The maximum absolute atomic E-state index is 13.9. The van der Waals surface area contributed by atoms with Crippen LogP contribution in [0.25, 0.3) is 0 Å².